The summed E-state index contributed by atoms with van der Waals surface area (Å²) in [6.07, 6.45) is 0.208. The van der Waals surface area contributed by atoms with Crippen LogP contribution in [-0.4, -0.2) is 20.7 Å². The molecule has 3 heterocycles. The number of H-pyrrole nitrogens is 1. The molecule has 0 spiro atoms. The molecule has 120 valence electrons. The lowest BCUT2D eigenvalue weighted by Crippen LogP contribution is -2.20. The highest BCUT2D eigenvalue weighted by Gasteiger charge is 2.11. The molecule has 0 aliphatic carbocycles. The highest BCUT2D eigenvalue weighted by molar-refractivity contribution is 7.07. The molecule has 3 aromatic rings. The molecule has 7 nitrogen and oxygen atoms in total. The standard InChI is InChI=1S/C15H16N4O3S/c1-9-8-23-15(21)19(9)6-5-14(20)16-13-7-11(17-18-13)12-4-3-10(2)22-12/h3-4,7-8H,5-6H2,1-2H3,(H2,16,17,18,20). The first kappa shape index (κ1) is 15.3. The molecule has 0 aromatic carbocycles. The Morgan fingerprint density at radius 3 is 2.91 bits per heavy atom. The largest absolute Gasteiger partial charge is 0.460 e. The molecule has 0 atom stereocenters. The number of furan rings is 1. The van der Waals surface area contributed by atoms with Gasteiger partial charge in [-0.15, -0.1) is 0 Å². The van der Waals surface area contributed by atoms with Gasteiger partial charge in [0.1, 0.15) is 11.5 Å². The number of aromatic amines is 1. The molecule has 0 saturated carbocycles. The first-order valence-corrected chi connectivity index (χ1v) is 7.98. The second-order valence-electron chi connectivity index (χ2n) is 5.17. The summed E-state index contributed by atoms with van der Waals surface area (Å²) in [4.78, 5) is 23.5. The number of nitrogens with zero attached hydrogens (tertiary/aromatic N) is 2. The Balaban J connectivity index is 1.60. The SMILES string of the molecule is Cc1ccc(-c2cc(NC(=O)CCn3c(C)csc3=O)n[nH]2)o1. The summed E-state index contributed by atoms with van der Waals surface area (Å²) in [5, 5.41) is 11.3. The van der Waals surface area contributed by atoms with Crippen molar-refractivity contribution < 1.29 is 9.21 Å². The van der Waals surface area contributed by atoms with Crippen LogP contribution in [0.5, 0.6) is 0 Å². The molecule has 3 aromatic heterocycles. The zero-order valence-corrected chi connectivity index (χ0v) is 13.6. The van der Waals surface area contributed by atoms with E-state index in [1.807, 2.05) is 26.0 Å². The highest BCUT2D eigenvalue weighted by Crippen LogP contribution is 2.21. The number of nitrogens with one attached hydrogen (secondary N) is 2. The first-order chi connectivity index (χ1) is 11.0. The molecular formula is C15H16N4O3S. The zero-order chi connectivity index (χ0) is 16.4. The molecule has 0 aliphatic heterocycles. The van der Waals surface area contributed by atoms with Crippen molar-refractivity contribution in [2.75, 3.05) is 5.32 Å². The Bertz CT molecular complexity index is 887. The van der Waals surface area contributed by atoms with Gasteiger partial charge in [-0.2, -0.15) is 5.10 Å². The normalized spacial score (nSPS) is 10.9. The van der Waals surface area contributed by atoms with Crippen LogP contribution in [0.4, 0.5) is 5.82 Å². The number of hydrogen-bond donors (Lipinski definition) is 2. The van der Waals surface area contributed by atoms with Crippen LogP contribution >= 0.6 is 11.3 Å². The van der Waals surface area contributed by atoms with Gasteiger partial charge in [-0.1, -0.05) is 11.3 Å². The topological polar surface area (TPSA) is 92.9 Å². The van der Waals surface area contributed by atoms with Gasteiger partial charge in [0.05, 0.1) is 0 Å². The van der Waals surface area contributed by atoms with Crippen LogP contribution in [0.2, 0.25) is 0 Å². The maximum atomic E-state index is 12.0. The predicted molar refractivity (Wildman–Crippen MR) is 87.6 cm³/mol. The van der Waals surface area contributed by atoms with E-state index in [-0.39, 0.29) is 17.2 Å². The minimum Gasteiger partial charge on any atom is -0.460 e. The van der Waals surface area contributed by atoms with Crippen LogP contribution in [0, 0.1) is 13.8 Å². The molecule has 3 rings (SSSR count). The average Bonchev–Trinajstić information content (AvgIpc) is 3.20. The lowest BCUT2D eigenvalue weighted by molar-refractivity contribution is -0.116. The Labute approximate surface area is 136 Å². The fourth-order valence-electron chi connectivity index (χ4n) is 2.18. The summed E-state index contributed by atoms with van der Waals surface area (Å²) in [5.41, 5.74) is 1.56. The summed E-state index contributed by atoms with van der Waals surface area (Å²) < 4.78 is 7.08. The van der Waals surface area contributed by atoms with Crippen molar-refractivity contribution in [2.24, 2.45) is 0 Å². The fourth-order valence-corrected chi connectivity index (χ4v) is 2.95. The average molecular weight is 332 g/mol. The Morgan fingerprint density at radius 2 is 2.26 bits per heavy atom. The van der Waals surface area contributed by atoms with Crippen molar-refractivity contribution in [2.45, 2.75) is 26.8 Å². The van der Waals surface area contributed by atoms with Gasteiger partial charge < -0.3 is 14.3 Å². The zero-order valence-electron chi connectivity index (χ0n) is 12.8. The van der Waals surface area contributed by atoms with Gasteiger partial charge in [-0.05, 0) is 26.0 Å². The smallest absolute Gasteiger partial charge is 0.307 e. The number of amides is 1. The van der Waals surface area contributed by atoms with Crippen LogP contribution in [0.25, 0.3) is 11.5 Å². The van der Waals surface area contributed by atoms with E-state index >= 15 is 0 Å². The molecule has 23 heavy (non-hydrogen) atoms. The van der Waals surface area contributed by atoms with Crippen LogP contribution in [0.1, 0.15) is 17.9 Å². The number of rotatable bonds is 5. The summed E-state index contributed by atoms with van der Waals surface area (Å²) in [7, 11) is 0. The van der Waals surface area contributed by atoms with E-state index in [0.717, 1.165) is 22.8 Å². The lowest BCUT2D eigenvalue weighted by Gasteiger charge is -2.04. The second kappa shape index (κ2) is 6.25. The van der Waals surface area contributed by atoms with E-state index in [1.165, 1.54) is 0 Å². The summed E-state index contributed by atoms with van der Waals surface area (Å²) >= 11 is 1.14. The van der Waals surface area contributed by atoms with E-state index in [1.54, 1.807) is 16.0 Å². The van der Waals surface area contributed by atoms with E-state index in [9.17, 15) is 9.59 Å². The van der Waals surface area contributed by atoms with Crippen molar-refractivity contribution in [1.82, 2.24) is 14.8 Å². The maximum absolute atomic E-state index is 12.0. The summed E-state index contributed by atoms with van der Waals surface area (Å²) in [6.45, 7) is 4.06. The van der Waals surface area contributed by atoms with Crippen LogP contribution < -0.4 is 10.2 Å². The number of anilines is 1. The van der Waals surface area contributed by atoms with Gasteiger partial charge in [0, 0.05) is 30.1 Å². The minimum absolute atomic E-state index is 0.0504. The third kappa shape index (κ3) is 3.42. The maximum Gasteiger partial charge on any atom is 0.307 e. The van der Waals surface area contributed by atoms with Gasteiger partial charge in [0.2, 0.25) is 5.91 Å². The van der Waals surface area contributed by atoms with Crippen LogP contribution in [0.3, 0.4) is 0 Å². The first-order valence-electron chi connectivity index (χ1n) is 7.10. The summed E-state index contributed by atoms with van der Waals surface area (Å²) in [5.74, 6) is 1.69. The third-order valence-electron chi connectivity index (χ3n) is 3.39. The molecule has 2 N–H and O–H groups in total. The monoisotopic (exact) mass is 332 g/mol. The second-order valence-corrected chi connectivity index (χ2v) is 5.99. The molecule has 8 heteroatoms. The van der Waals surface area contributed by atoms with Crippen molar-refractivity contribution in [3.8, 4) is 11.5 Å². The number of aryl methyl sites for hydroxylation is 2. The van der Waals surface area contributed by atoms with Crippen molar-refractivity contribution >= 4 is 23.1 Å². The number of carbonyl (C=O) groups is 1. The molecule has 0 saturated heterocycles. The molecule has 0 fully saturated rings. The van der Waals surface area contributed by atoms with Crippen molar-refractivity contribution in [3.63, 3.8) is 0 Å². The van der Waals surface area contributed by atoms with Gasteiger partial charge >= 0.3 is 4.87 Å². The lowest BCUT2D eigenvalue weighted by atomic mass is 10.3. The van der Waals surface area contributed by atoms with Gasteiger partial charge in [0.25, 0.3) is 0 Å². The number of carbonyl (C=O) groups excluding carboxylic acids is 1. The summed E-state index contributed by atoms with van der Waals surface area (Å²) in [6, 6.07) is 5.40. The highest BCUT2D eigenvalue weighted by atomic mass is 32.1. The van der Waals surface area contributed by atoms with Crippen LogP contribution in [0.15, 0.2) is 32.8 Å². The molecule has 1 amide bonds. The van der Waals surface area contributed by atoms with E-state index in [4.69, 9.17) is 4.42 Å². The Hall–Kier alpha value is -2.61. The Morgan fingerprint density at radius 1 is 1.43 bits per heavy atom. The predicted octanol–water partition coefficient (Wildman–Crippen LogP) is 2.54. The molecule has 0 bridgehead atoms. The van der Waals surface area contributed by atoms with Gasteiger partial charge in [0.15, 0.2) is 11.6 Å². The molecular weight excluding hydrogens is 316 g/mol. The third-order valence-corrected chi connectivity index (χ3v) is 4.27. The van der Waals surface area contributed by atoms with E-state index in [2.05, 4.69) is 15.5 Å². The van der Waals surface area contributed by atoms with Crippen molar-refractivity contribution in [1.29, 1.82) is 0 Å². The number of thiazole rings is 1. The van der Waals surface area contributed by atoms with E-state index in [0.29, 0.717) is 23.8 Å². The molecule has 0 radical (unpaired) electrons. The van der Waals surface area contributed by atoms with Crippen molar-refractivity contribution in [3.05, 3.63) is 44.7 Å². The molecule has 0 aliphatic rings. The molecule has 0 unspecified atom stereocenters. The van der Waals surface area contributed by atoms with Gasteiger partial charge in [-0.25, -0.2) is 0 Å². The number of aromatic nitrogens is 3. The fraction of sp³-hybridized carbons (Fsp3) is 0.267. The number of hydrogen-bond acceptors (Lipinski definition) is 5. The minimum atomic E-state index is -0.198. The Kier molecular flexibility index (Phi) is 4.16. The van der Waals surface area contributed by atoms with E-state index < -0.39 is 0 Å². The van der Waals surface area contributed by atoms with Crippen LogP contribution in [-0.2, 0) is 11.3 Å². The van der Waals surface area contributed by atoms with Gasteiger partial charge in [-0.3, -0.25) is 14.7 Å². The quantitative estimate of drug-likeness (QED) is 0.751.